The van der Waals surface area contributed by atoms with Gasteiger partial charge in [0.05, 0.1) is 17.5 Å². The second-order valence-corrected chi connectivity index (χ2v) is 9.48. The fourth-order valence-electron chi connectivity index (χ4n) is 3.86. The van der Waals surface area contributed by atoms with E-state index in [1.54, 1.807) is 18.2 Å². The first kappa shape index (κ1) is 20.5. The van der Waals surface area contributed by atoms with E-state index >= 15 is 0 Å². The van der Waals surface area contributed by atoms with Crippen molar-refractivity contribution in [3.05, 3.63) is 35.4 Å². The van der Waals surface area contributed by atoms with Crippen molar-refractivity contribution in [2.45, 2.75) is 56.0 Å². The number of nitrogens with zero attached hydrogens (tertiary/aromatic N) is 4. The number of nitrogens with one attached hydrogen (secondary N) is 1. The second kappa shape index (κ2) is 7.80. The molecule has 1 saturated carbocycles. The molecule has 5 rings (SSSR count). The topological polar surface area (TPSA) is 134 Å². The summed E-state index contributed by atoms with van der Waals surface area (Å²) < 4.78 is 29.9. The standard InChI is InChI=1S/C18H21N5O3S.CH2O2/c1-11-18-20-17(12-2-3-12)21-22(18)8-9-23(11)27(25,26)14-5-6-15-13(10-14)4-7-16(24)19-15;2-1-3/h5-6,10-12H,2-4,7-9H2,1H3,(H,19,24);1H,(H,2,3)/t11-;/m1./s1. The Hall–Kier alpha value is -2.79. The van der Waals surface area contributed by atoms with Crippen LogP contribution in [0.15, 0.2) is 23.1 Å². The zero-order valence-electron chi connectivity index (χ0n) is 16.5. The SMILES string of the molecule is C[C@@H]1c2nc(C3CC3)nn2CCN1S(=O)(=O)c1ccc2c(c1)CCC(=O)N2.O=CO. The highest BCUT2D eigenvalue weighted by Gasteiger charge is 2.38. The van der Waals surface area contributed by atoms with Crippen LogP contribution in [-0.4, -0.2) is 51.5 Å². The molecule has 2 aromatic rings. The number of sulfonamides is 1. The van der Waals surface area contributed by atoms with Crippen LogP contribution in [0.4, 0.5) is 5.69 Å². The van der Waals surface area contributed by atoms with E-state index in [9.17, 15) is 13.2 Å². The molecule has 1 atom stereocenters. The maximum absolute atomic E-state index is 13.3. The number of carbonyl (C=O) groups is 2. The Morgan fingerprint density at radius 1 is 1.23 bits per heavy atom. The molecule has 30 heavy (non-hydrogen) atoms. The minimum Gasteiger partial charge on any atom is -0.483 e. The molecule has 11 heteroatoms. The zero-order valence-corrected chi connectivity index (χ0v) is 17.3. The van der Waals surface area contributed by atoms with Crippen molar-refractivity contribution in [3.63, 3.8) is 0 Å². The predicted molar refractivity (Wildman–Crippen MR) is 106 cm³/mol. The zero-order chi connectivity index (χ0) is 21.5. The van der Waals surface area contributed by atoms with Crippen LogP contribution in [0.5, 0.6) is 0 Å². The number of aryl methyl sites for hydroxylation is 1. The normalized spacial score (nSPS) is 21.0. The lowest BCUT2D eigenvalue weighted by Crippen LogP contribution is -2.41. The van der Waals surface area contributed by atoms with Gasteiger partial charge < -0.3 is 10.4 Å². The predicted octanol–water partition coefficient (Wildman–Crippen LogP) is 1.51. The van der Waals surface area contributed by atoms with Crippen LogP contribution in [-0.2, 0) is 32.6 Å². The van der Waals surface area contributed by atoms with Gasteiger partial charge >= 0.3 is 0 Å². The largest absolute Gasteiger partial charge is 0.483 e. The quantitative estimate of drug-likeness (QED) is 0.701. The lowest BCUT2D eigenvalue weighted by atomic mass is 10.0. The summed E-state index contributed by atoms with van der Waals surface area (Å²) in [5.41, 5.74) is 1.56. The maximum atomic E-state index is 13.3. The van der Waals surface area contributed by atoms with E-state index in [2.05, 4.69) is 15.4 Å². The molecule has 1 amide bonds. The number of benzene rings is 1. The van der Waals surface area contributed by atoms with Crippen LogP contribution in [0, 0.1) is 0 Å². The van der Waals surface area contributed by atoms with E-state index in [4.69, 9.17) is 9.90 Å². The molecule has 0 bridgehead atoms. The lowest BCUT2D eigenvalue weighted by molar-refractivity contribution is -0.123. The van der Waals surface area contributed by atoms with Gasteiger partial charge in [-0.3, -0.25) is 9.59 Å². The number of aromatic nitrogens is 3. The van der Waals surface area contributed by atoms with Crippen molar-refractivity contribution in [3.8, 4) is 0 Å². The summed E-state index contributed by atoms with van der Waals surface area (Å²) in [5, 5.41) is 14.2. The van der Waals surface area contributed by atoms with Crippen LogP contribution in [0.25, 0.3) is 0 Å². The fraction of sp³-hybridized carbons (Fsp3) is 0.474. The molecule has 10 nitrogen and oxygen atoms in total. The Morgan fingerprint density at radius 3 is 2.67 bits per heavy atom. The van der Waals surface area contributed by atoms with E-state index in [0.717, 1.165) is 30.1 Å². The minimum atomic E-state index is -3.66. The van der Waals surface area contributed by atoms with Crippen LogP contribution in [0.1, 0.15) is 55.4 Å². The molecule has 2 N–H and O–H groups in total. The summed E-state index contributed by atoms with van der Waals surface area (Å²) in [6, 6.07) is 4.58. The Morgan fingerprint density at radius 2 is 1.97 bits per heavy atom. The van der Waals surface area contributed by atoms with E-state index < -0.39 is 10.0 Å². The summed E-state index contributed by atoms with van der Waals surface area (Å²) in [4.78, 5) is 24.8. The van der Waals surface area contributed by atoms with Gasteiger partial charge in [0, 0.05) is 24.6 Å². The van der Waals surface area contributed by atoms with E-state index in [1.807, 2.05) is 11.6 Å². The Labute approximate surface area is 174 Å². The van der Waals surface area contributed by atoms with Crippen molar-refractivity contribution in [2.24, 2.45) is 0 Å². The molecule has 3 aliphatic rings. The molecule has 0 unspecified atom stereocenters. The molecule has 1 aromatic heterocycles. The Kier molecular flexibility index (Phi) is 5.33. The molecule has 1 aliphatic carbocycles. The monoisotopic (exact) mass is 433 g/mol. The summed E-state index contributed by atoms with van der Waals surface area (Å²) in [6.07, 6.45) is 3.17. The first-order chi connectivity index (χ1) is 14.3. The average Bonchev–Trinajstić information content (AvgIpc) is 3.47. The van der Waals surface area contributed by atoms with Gasteiger partial charge in [-0.2, -0.15) is 9.40 Å². The molecular formula is C19H23N5O5S. The third-order valence-corrected chi connectivity index (χ3v) is 7.54. The average molecular weight is 433 g/mol. The molecule has 1 aromatic carbocycles. The number of amides is 1. The third-order valence-electron chi connectivity index (χ3n) is 5.58. The third kappa shape index (κ3) is 3.70. The van der Waals surface area contributed by atoms with Gasteiger partial charge in [-0.1, -0.05) is 0 Å². The maximum Gasteiger partial charge on any atom is 0.290 e. The molecule has 0 radical (unpaired) electrons. The van der Waals surface area contributed by atoms with Crippen molar-refractivity contribution >= 4 is 28.1 Å². The number of hydrogen-bond acceptors (Lipinski definition) is 6. The van der Waals surface area contributed by atoms with E-state index in [1.165, 1.54) is 4.31 Å². The van der Waals surface area contributed by atoms with Gasteiger partial charge in [-0.25, -0.2) is 18.1 Å². The fourth-order valence-corrected chi connectivity index (χ4v) is 5.49. The van der Waals surface area contributed by atoms with Gasteiger partial charge in [0.15, 0.2) is 5.82 Å². The van der Waals surface area contributed by atoms with Crippen molar-refractivity contribution in [1.82, 2.24) is 19.1 Å². The highest BCUT2D eigenvalue weighted by molar-refractivity contribution is 7.89. The minimum absolute atomic E-state index is 0.0337. The molecule has 160 valence electrons. The molecule has 1 fully saturated rings. The first-order valence-corrected chi connectivity index (χ1v) is 11.3. The van der Waals surface area contributed by atoms with E-state index in [0.29, 0.717) is 37.5 Å². The molecular weight excluding hydrogens is 410 g/mol. The molecule has 3 heterocycles. The highest BCUT2D eigenvalue weighted by Crippen LogP contribution is 2.40. The smallest absolute Gasteiger partial charge is 0.290 e. The van der Waals surface area contributed by atoms with Crippen LogP contribution < -0.4 is 5.32 Å². The number of hydrogen-bond donors (Lipinski definition) is 2. The Bertz CT molecular complexity index is 1090. The number of carboxylic acid groups (broad SMARTS) is 1. The van der Waals surface area contributed by atoms with Gasteiger partial charge in [0.25, 0.3) is 6.47 Å². The lowest BCUT2D eigenvalue weighted by Gasteiger charge is -2.32. The van der Waals surface area contributed by atoms with Crippen molar-refractivity contribution in [1.29, 1.82) is 0 Å². The van der Waals surface area contributed by atoms with Gasteiger partial charge in [-0.05, 0) is 49.9 Å². The van der Waals surface area contributed by atoms with Crippen LogP contribution in [0.2, 0.25) is 0 Å². The van der Waals surface area contributed by atoms with Crippen LogP contribution in [0.3, 0.4) is 0 Å². The number of carbonyl (C=O) groups excluding carboxylic acids is 1. The summed E-state index contributed by atoms with van der Waals surface area (Å²) >= 11 is 0. The van der Waals surface area contributed by atoms with Crippen molar-refractivity contribution < 1.29 is 23.1 Å². The summed E-state index contributed by atoms with van der Waals surface area (Å²) in [6.45, 7) is 2.50. The molecule has 0 spiro atoms. The van der Waals surface area contributed by atoms with Crippen LogP contribution >= 0.6 is 0 Å². The summed E-state index contributed by atoms with van der Waals surface area (Å²) in [7, 11) is -3.66. The first-order valence-electron chi connectivity index (χ1n) is 9.82. The number of rotatable bonds is 3. The van der Waals surface area contributed by atoms with E-state index in [-0.39, 0.29) is 23.3 Å². The molecule has 0 saturated heterocycles. The van der Waals surface area contributed by atoms with Gasteiger partial charge in [0.2, 0.25) is 15.9 Å². The summed E-state index contributed by atoms with van der Waals surface area (Å²) in [5.74, 6) is 1.97. The number of fused-ring (bicyclic) bond motifs is 2. The number of anilines is 1. The second-order valence-electron chi connectivity index (χ2n) is 7.59. The van der Waals surface area contributed by atoms with Gasteiger partial charge in [-0.15, -0.1) is 0 Å². The van der Waals surface area contributed by atoms with Gasteiger partial charge in [0.1, 0.15) is 5.82 Å². The van der Waals surface area contributed by atoms with Crippen molar-refractivity contribution in [2.75, 3.05) is 11.9 Å². The highest BCUT2D eigenvalue weighted by atomic mass is 32.2. The Balaban J connectivity index is 0.000000687. The molecule has 2 aliphatic heterocycles.